The Bertz CT molecular complexity index is 369. The van der Waals surface area contributed by atoms with E-state index in [2.05, 4.69) is 15.6 Å². The Kier molecular flexibility index (Phi) is 7.11. The lowest BCUT2D eigenvalue weighted by molar-refractivity contribution is 0.0941. The van der Waals surface area contributed by atoms with Crippen molar-refractivity contribution in [3.05, 3.63) is 29.6 Å². The second-order valence-corrected chi connectivity index (χ2v) is 3.92. The predicted molar refractivity (Wildman–Crippen MR) is 72.2 cm³/mol. The average Bonchev–Trinajstić information content (AvgIpc) is 2.16. The number of hydrogen-bond acceptors (Lipinski definition) is 3. The summed E-state index contributed by atoms with van der Waals surface area (Å²) in [5, 5.41) is 6.10. The summed E-state index contributed by atoms with van der Waals surface area (Å²) in [5.41, 5.74) is 1.64. The molecule has 17 heavy (non-hydrogen) atoms. The Hall–Kier alpha value is -0.840. The van der Waals surface area contributed by atoms with Crippen LogP contribution in [0.15, 0.2) is 18.5 Å². The van der Waals surface area contributed by atoms with E-state index >= 15 is 0 Å². The van der Waals surface area contributed by atoms with Gasteiger partial charge in [0.15, 0.2) is 0 Å². The summed E-state index contributed by atoms with van der Waals surface area (Å²) in [6.07, 6.45) is 3.31. The van der Waals surface area contributed by atoms with E-state index in [9.17, 15) is 4.79 Å². The van der Waals surface area contributed by atoms with Gasteiger partial charge in [0, 0.05) is 37.9 Å². The van der Waals surface area contributed by atoms with Crippen LogP contribution in [0.1, 0.15) is 15.9 Å². The van der Waals surface area contributed by atoms with Crippen LogP contribution >= 0.6 is 24.8 Å². The Morgan fingerprint density at radius 1 is 1.53 bits per heavy atom. The molecule has 1 saturated heterocycles. The Morgan fingerprint density at radius 3 is 2.76 bits per heavy atom. The molecule has 0 atom stereocenters. The van der Waals surface area contributed by atoms with Gasteiger partial charge in [-0.2, -0.15) is 0 Å². The number of carbonyl (C=O) groups is 1. The van der Waals surface area contributed by atoms with Crippen LogP contribution in [-0.4, -0.2) is 30.5 Å². The fourth-order valence-corrected chi connectivity index (χ4v) is 1.53. The van der Waals surface area contributed by atoms with Gasteiger partial charge < -0.3 is 10.6 Å². The molecule has 0 saturated carbocycles. The number of carbonyl (C=O) groups excluding carboxylic acids is 1. The number of nitrogens with one attached hydrogen (secondary N) is 2. The fourth-order valence-electron chi connectivity index (χ4n) is 1.53. The van der Waals surface area contributed by atoms with Crippen molar-refractivity contribution in [2.45, 2.75) is 6.92 Å². The second-order valence-electron chi connectivity index (χ2n) is 3.92. The van der Waals surface area contributed by atoms with E-state index in [4.69, 9.17) is 0 Å². The third kappa shape index (κ3) is 4.15. The maximum atomic E-state index is 11.7. The van der Waals surface area contributed by atoms with Crippen molar-refractivity contribution in [1.29, 1.82) is 0 Å². The van der Waals surface area contributed by atoms with Crippen LogP contribution in [0.4, 0.5) is 0 Å². The fraction of sp³-hybridized carbons (Fsp3) is 0.455. The normalized spacial score (nSPS) is 13.9. The zero-order chi connectivity index (χ0) is 10.7. The van der Waals surface area contributed by atoms with Crippen LogP contribution in [0.3, 0.4) is 0 Å². The third-order valence-electron chi connectivity index (χ3n) is 2.70. The van der Waals surface area contributed by atoms with Crippen molar-refractivity contribution in [2.24, 2.45) is 5.92 Å². The van der Waals surface area contributed by atoms with E-state index in [1.165, 1.54) is 0 Å². The lowest BCUT2D eigenvalue weighted by Crippen LogP contribution is -2.48. The Labute approximate surface area is 113 Å². The number of hydrogen-bond donors (Lipinski definition) is 2. The molecule has 0 spiro atoms. The van der Waals surface area contributed by atoms with Gasteiger partial charge in [-0.25, -0.2) is 0 Å². The summed E-state index contributed by atoms with van der Waals surface area (Å²) in [6.45, 7) is 4.68. The highest BCUT2D eigenvalue weighted by Crippen LogP contribution is 2.05. The monoisotopic (exact) mass is 277 g/mol. The molecule has 2 heterocycles. The number of nitrogens with zero attached hydrogens (tertiary/aromatic N) is 1. The molecule has 1 aliphatic heterocycles. The zero-order valence-electron chi connectivity index (χ0n) is 9.60. The number of aromatic nitrogens is 1. The molecule has 0 unspecified atom stereocenters. The van der Waals surface area contributed by atoms with Gasteiger partial charge in [0.25, 0.3) is 5.91 Å². The molecule has 0 aliphatic carbocycles. The molecule has 1 aromatic heterocycles. The summed E-state index contributed by atoms with van der Waals surface area (Å²) in [6, 6.07) is 1.85. The third-order valence-corrected chi connectivity index (χ3v) is 2.70. The van der Waals surface area contributed by atoms with Gasteiger partial charge in [-0.15, -0.1) is 24.8 Å². The van der Waals surface area contributed by atoms with Gasteiger partial charge in [-0.1, -0.05) is 0 Å². The molecule has 0 aromatic carbocycles. The van der Waals surface area contributed by atoms with Crippen LogP contribution < -0.4 is 10.6 Å². The minimum Gasteiger partial charge on any atom is -0.352 e. The molecule has 1 aromatic rings. The summed E-state index contributed by atoms with van der Waals surface area (Å²) >= 11 is 0. The van der Waals surface area contributed by atoms with Crippen LogP contribution in [0.2, 0.25) is 0 Å². The van der Waals surface area contributed by atoms with Crippen LogP contribution in [0.5, 0.6) is 0 Å². The summed E-state index contributed by atoms with van der Waals surface area (Å²) in [5.74, 6) is 0.568. The van der Waals surface area contributed by atoms with Gasteiger partial charge in [0.2, 0.25) is 0 Å². The highest BCUT2D eigenvalue weighted by atomic mass is 35.5. The van der Waals surface area contributed by atoms with Gasteiger partial charge in [-0.05, 0) is 18.6 Å². The molecule has 96 valence electrons. The van der Waals surface area contributed by atoms with E-state index in [1.54, 1.807) is 12.4 Å². The van der Waals surface area contributed by atoms with Crippen molar-refractivity contribution in [2.75, 3.05) is 19.6 Å². The Balaban J connectivity index is 0.00000128. The highest BCUT2D eigenvalue weighted by molar-refractivity contribution is 5.95. The van der Waals surface area contributed by atoms with Crippen molar-refractivity contribution in [3.8, 4) is 0 Å². The van der Waals surface area contributed by atoms with E-state index < -0.39 is 0 Å². The molecule has 0 radical (unpaired) electrons. The minimum absolute atomic E-state index is 0. The van der Waals surface area contributed by atoms with Gasteiger partial charge in [-0.3, -0.25) is 9.78 Å². The molecular formula is C11H17Cl2N3O. The topological polar surface area (TPSA) is 54.0 Å². The first-order chi connectivity index (χ1) is 7.27. The number of halogens is 2. The Morgan fingerprint density at radius 2 is 2.24 bits per heavy atom. The van der Waals surface area contributed by atoms with Crippen molar-refractivity contribution in [3.63, 3.8) is 0 Å². The van der Waals surface area contributed by atoms with Crippen molar-refractivity contribution < 1.29 is 4.79 Å². The SMILES string of the molecule is Cc1ccncc1C(=O)NCC1CNC1.Cl.Cl. The summed E-state index contributed by atoms with van der Waals surface area (Å²) in [7, 11) is 0. The van der Waals surface area contributed by atoms with Crippen molar-refractivity contribution >= 4 is 30.7 Å². The van der Waals surface area contributed by atoms with Crippen LogP contribution in [0.25, 0.3) is 0 Å². The van der Waals surface area contributed by atoms with E-state index in [0.717, 1.165) is 25.2 Å². The molecule has 1 amide bonds. The summed E-state index contributed by atoms with van der Waals surface area (Å²) in [4.78, 5) is 15.7. The number of rotatable bonds is 3. The molecular weight excluding hydrogens is 261 g/mol. The van der Waals surface area contributed by atoms with E-state index in [1.807, 2.05) is 13.0 Å². The maximum Gasteiger partial charge on any atom is 0.253 e. The van der Waals surface area contributed by atoms with Gasteiger partial charge >= 0.3 is 0 Å². The predicted octanol–water partition coefficient (Wildman–Crippen LogP) is 1.18. The first-order valence-electron chi connectivity index (χ1n) is 5.17. The largest absolute Gasteiger partial charge is 0.352 e. The standard InChI is InChI=1S/C11H15N3O.2ClH/c1-8-2-3-12-7-10(8)11(15)14-6-9-4-13-5-9;;/h2-3,7,9,13H,4-6H2,1H3,(H,14,15);2*1H. The van der Waals surface area contributed by atoms with Crippen LogP contribution in [-0.2, 0) is 0 Å². The minimum atomic E-state index is -0.0208. The molecule has 0 bridgehead atoms. The molecule has 1 aliphatic rings. The average molecular weight is 278 g/mol. The number of aryl methyl sites for hydroxylation is 1. The highest BCUT2D eigenvalue weighted by Gasteiger charge is 2.18. The van der Waals surface area contributed by atoms with E-state index in [0.29, 0.717) is 11.5 Å². The number of pyridine rings is 1. The number of amides is 1. The molecule has 4 nitrogen and oxygen atoms in total. The quantitative estimate of drug-likeness (QED) is 0.873. The smallest absolute Gasteiger partial charge is 0.253 e. The lowest BCUT2D eigenvalue weighted by Gasteiger charge is -2.27. The first-order valence-corrected chi connectivity index (χ1v) is 5.17. The molecule has 2 N–H and O–H groups in total. The van der Waals surface area contributed by atoms with Gasteiger partial charge in [0.1, 0.15) is 0 Å². The van der Waals surface area contributed by atoms with Gasteiger partial charge in [0.05, 0.1) is 5.56 Å². The van der Waals surface area contributed by atoms with Crippen LogP contribution in [0, 0.1) is 12.8 Å². The second kappa shape index (κ2) is 7.48. The molecule has 2 rings (SSSR count). The first kappa shape index (κ1) is 16.2. The maximum absolute atomic E-state index is 11.7. The lowest BCUT2D eigenvalue weighted by atomic mass is 10.0. The summed E-state index contributed by atoms with van der Waals surface area (Å²) < 4.78 is 0. The molecule has 1 fully saturated rings. The van der Waals surface area contributed by atoms with Crippen molar-refractivity contribution in [1.82, 2.24) is 15.6 Å². The zero-order valence-corrected chi connectivity index (χ0v) is 11.2. The van der Waals surface area contributed by atoms with E-state index in [-0.39, 0.29) is 30.7 Å². The molecule has 6 heteroatoms.